The van der Waals surface area contributed by atoms with Gasteiger partial charge in [0.15, 0.2) is 0 Å². The smallest absolute Gasteiger partial charge is 0.508 e. The second kappa shape index (κ2) is 9.28. The quantitative estimate of drug-likeness (QED) is 0.798. The SMILES string of the molecule is CCCC.O=[P+](O)OCc1ccccc1O. The summed E-state index contributed by atoms with van der Waals surface area (Å²) in [5, 5.41) is 9.17. The van der Waals surface area contributed by atoms with Gasteiger partial charge in [-0.25, -0.2) is 0 Å². The molecule has 0 aliphatic rings. The average Bonchev–Trinajstić information content (AvgIpc) is 2.28. The summed E-state index contributed by atoms with van der Waals surface area (Å²) in [6.45, 7) is 4.30. The van der Waals surface area contributed by atoms with Crippen LogP contribution in [0.2, 0.25) is 0 Å². The molecule has 1 rings (SSSR count). The minimum atomic E-state index is -2.60. The van der Waals surface area contributed by atoms with Crippen molar-refractivity contribution in [1.82, 2.24) is 0 Å². The molecule has 0 saturated carbocycles. The van der Waals surface area contributed by atoms with Gasteiger partial charge in [-0.15, -0.1) is 9.42 Å². The lowest BCUT2D eigenvalue weighted by atomic mass is 10.2. The van der Waals surface area contributed by atoms with Crippen LogP contribution in [0, 0.1) is 0 Å². The Morgan fingerprint density at radius 2 is 1.81 bits per heavy atom. The van der Waals surface area contributed by atoms with Crippen LogP contribution in [-0.4, -0.2) is 10.00 Å². The highest BCUT2D eigenvalue weighted by Crippen LogP contribution is 2.22. The Kier molecular flexibility index (Phi) is 8.72. The van der Waals surface area contributed by atoms with Gasteiger partial charge in [-0.05, 0) is 6.07 Å². The van der Waals surface area contributed by atoms with Crippen LogP contribution in [-0.2, 0) is 15.7 Å². The summed E-state index contributed by atoms with van der Waals surface area (Å²) < 4.78 is 14.5. The highest BCUT2D eigenvalue weighted by atomic mass is 31.1. The molecule has 0 aliphatic carbocycles. The molecule has 0 aliphatic heterocycles. The standard InChI is InChI=1S/C7H7O4P.C4H10/c8-7-4-2-1-3-6(7)5-11-12(9)10;1-3-4-2/h1-4H,5H2,(H-,8,9,10);3-4H2,1-2H3/p+1. The molecule has 90 valence electrons. The van der Waals surface area contributed by atoms with E-state index in [0.717, 1.165) is 0 Å². The van der Waals surface area contributed by atoms with Crippen molar-refractivity contribution >= 4 is 8.25 Å². The second-order valence-electron chi connectivity index (χ2n) is 3.14. The topological polar surface area (TPSA) is 66.8 Å². The van der Waals surface area contributed by atoms with Gasteiger partial charge in [0, 0.05) is 10.1 Å². The third-order valence-corrected chi connectivity index (χ3v) is 2.17. The van der Waals surface area contributed by atoms with E-state index < -0.39 is 8.25 Å². The number of rotatable bonds is 4. The van der Waals surface area contributed by atoms with Crippen LogP contribution < -0.4 is 0 Å². The molecule has 0 spiro atoms. The van der Waals surface area contributed by atoms with Crippen molar-refractivity contribution in [1.29, 1.82) is 0 Å². The molecule has 1 unspecified atom stereocenters. The normalized spacial score (nSPS) is 10.3. The molecule has 16 heavy (non-hydrogen) atoms. The van der Waals surface area contributed by atoms with Gasteiger partial charge >= 0.3 is 8.25 Å². The zero-order valence-electron chi connectivity index (χ0n) is 9.59. The lowest BCUT2D eigenvalue weighted by molar-refractivity contribution is 0.268. The first-order chi connectivity index (χ1) is 7.61. The molecule has 0 fully saturated rings. The number of para-hydroxylation sites is 1. The summed E-state index contributed by atoms with van der Waals surface area (Å²) in [5.74, 6) is 0.0642. The van der Waals surface area contributed by atoms with Crippen LogP contribution in [0.1, 0.15) is 32.3 Å². The lowest BCUT2D eigenvalue weighted by Gasteiger charge is -1.97. The number of hydrogen-bond acceptors (Lipinski definition) is 3. The number of unbranched alkanes of at least 4 members (excludes halogenated alkanes) is 1. The average molecular weight is 245 g/mol. The maximum Gasteiger partial charge on any atom is 0.695 e. The number of hydrogen-bond donors (Lipinski definition) is 2. The van der Waals surface area contributed by atoms with E-state index in [4.69, 9.17) is 10.00 Å². The molecule has 0 heterocycles. The van der Waals surface area contributed by atoms with E-state index in [0.29, 0.717) is 5.56 Å². The molecule has 1 aromatic rings. The van der Waals surface area contributed by atoms with Crippen LogP contribution in [0.5, 0.6) is 5.75 Å². The minimum absolute atomic E-state index is 0.0572. The van der Waals surface area contributed by atoms with Crippen molar-refractivity contribution in [3.05, 3.63) is 29.8 Å². The summed E-state index contributed by atoms with van der Waals surface area (Å²) in [6, 6.07) is 6.48. The minimum Gasteiger partial charge on any atom is -0.508 e. The third kappa shape index (κ3) is 7.35. The van der Waals surface area contributed by atoms with E-state index in [9.17, 15) is 4.57 Å². The van der Waals surface area contributed by atoms with Gasteiger partial charge in [-0.3, -0.25) is 0 Å². The van der Waals surface area contributed by atoms with Crippen molar-refractivity contribution in [2.75, 3.05) is 0 Å². The van der Waals surface area contributed by atoms with Gasteiger partial charge in [0.25, 0.3) is 0 Å². The Hall–Kier alpha value is -0.960. The Balaban J connectivity index is 0.000000487. The van der Waals surface area contributed by atoms with Crippen molar-refractivity contribution in [3.63, 3.8) is 0 Å². The van der Waals surface area contributed by atoms with Gasteiger partial charge in [0.1, 0.15) is 12.4 Å². The van der Waals surface area contributed by atoms with Crippen molar-refractivity contribution in [2.45, 2.75) is 33.3 Å². The third-order valence-electron chi connectivity index (χ3n) is 1.82. The fourth-order valence-corrected chi connectivity index (χ4v) is 1.01. The predicted octanol–water partition coefficient (Wildman–Crippen LogP) is 3.36. The molecule has 0 bridgehead atoms. The van der Waals surface area contributed by atoms with E-state index in [1.54, 1.807) is 18.2 Å². The molecule has 5 heteroatoms. The van der Waals surface area contributed by atoms with Crippen LogP contribution in [0.4, 0.5) is 0 Å². The zero-order chi connectivity index (χ0) is 12.4. The van der Waals surface area contributed by atoms with Crippen LogP contribution in [0.25, 0.3) is 0 Å². The van der Waals surface area contributed by atoms with Gasteiger partial charge in [-0.1, -0.05) is 44.9 Å². The van der Waals surface area contributed by atoms with E-state index in [1.165, 1.54) is 18.9 Å². The van der Waals surface area contributed by atoms with Crippen LogP contribution in [0.15, 0.2) is 24.3 Å². The van der Waals surface area contributed by atoms with Gasteiger partial charge in [0.05, 0.1) is 0 Å². The van der Waals surface area contributed by atoms with Crippen molar-refractivity contribution in [3.8, 4) is 5.75 Å². The second-order valence-corrected chi connectivity index (χ2v) is 3.87. The van der Waals surface area contributed by atoms with Gasteiger partial charge < -0.3 is 5.11 Å². The number of aromatic hydroxyl groups is 1. The fraction of sp³-hybridized carbons (Fsp3) is 0.455. The van der Waals surface area contributed by atoms with Crippen molar-refractivity contribution < 1.29 is 19.1 Å². The molecule has 1 aromatic carbocycles. The summed E-state index contributed by atoms with van der Waals surface area (Å²) in [6.07, 6.45) is 2.64. The molecule has 0 amide bonds. The largest absolute Gasteiger partial charge is 0.695 e. The maximum atomic E-state index is 10.1. The molecule has 2 N–H and O–H groups in total. The molecular weight excluding hydrogens is 227 g/mol. The molecular formula is C11H18O4P+. The van der Waals surface area contributed by atoms with Crippen LogP contribution in [0.3, 0.4) is 0 Å². The van der Waals surface area contributed by atoms with E-state index >= 15 is 0 Å². The predicted molar refractivity (Wildman–Crippen MR) is 63.3 cm³/mol. The van der Waals surface area contributed by atoms with Crippen LogP contribution >= 0.6 is 8.25 Å². The summed E-state index contributed by atoms with van der Waals surface area (Å²) in [7, 11) is -2.60. The molecule has 4 nitrogen and oxygen atoms in total. The molecule has 1 atom stereocenters. The Morgan fingerprint density at radius 1 is 1.25 bits per heavy atom. The van der Waals surface area contributed by atoms with Gasteiger partial charge in [0.2, 0.25) is 0 Å². The van der Waals surface area contributed by atoms with Crippen molar-refractivity contribution in [2.24, 2.45) is 0 Å². The molecule has 0 saturated heterocycles. The van der Waals surface area contributed by atoms with E-state index in [2.05, 4.69) is 18.4 Å². The monoisotopic (exact) mass is 245 g/mol. The summed E-state index contributed by atoms with van der Waals surface area (Å²) >= 11 is 0. The van der Waals surface area contributed by atoms with Gasteiger partial charge in [-0.2, -0.15) is 0 Å². The molecule has 0 radical (unpaired) electrons. The summed E-state index contributed by atoms with van der Waals surface area (Å²) in [5.41, 5.74) is 0.495. The number of benzene rings is 1. The van der Waals surface area contributed by atoms with E-state index in [-0.39, 0.29) is 12.4 Å². The molecule has 0 aromatic heterocycles. The maximum absolute atomic E-state index is 10.1. The highest BCUT2D eigenvalue weighted by molar-refractivity contribution is 7.32. The Bertz CT molecular complexity index is 313. The zero-order valence-corrected chi connectivity index (χ0v) is 10.5. The number of phenols is 1. The lowest BCUT2D eigenvalue weighted by Crippen LogP contribution is -1.85. The fourth-order valence-electron chi connectivity index (χ4n) is 0.758. The first kappa shape index (κ1) is 15.0. The first-order valence-corrected chi connectivity index (χ1v) is 6.30. The Morgan fingerprint density at radius 3 is 2.25 bits per heavy atom. The highest BCUT2D eigenvalue weighted by Gasteiger charge is 2.13. The van der Waals surface area contributed by atoms with E-state index in [1.807, 2.05) is 0 Å². The first-order valence-electron chi connectivity index (χ1n) is 5.17. The number of phenolic OH excluding ortho intramolecular Hbond substituents is 1. The Labute approximate surface area is 96.8 Å². The summed E-state index contributed by atoms with van der Waals surface area (Å²) in [4.78, 5) is 8.31.